The predicted molar refractivity (Wildman–Crippen MR) is 107 cm³/mol. The van der Waals surface area contributed by atoms with E-state index < -0.39 is 0 Å². The summed E-state index contributed by atoms with van der Waals surface area (Å²) < 4.78 is 3.49. The Balaban J connectivity index is 1.91. The average Bonchev–Trinajstić information content (AvgIpc) is 3.24. The molecular weight excluding hydrogens is 356 g/mol. The minimum Gasteiger partial charge on any atom is -0.508 e. The Bertz CT molecular complexity index is 1170. The predicted octanol–water partition coefficient (Wildman–Crippen LogP) is 3.96. The Morgan fingerprint density at radius 2 is 1.79 bits per heavy atom. The number of aromatic hydroxyl groups is 3. The molecule has 0 saturated heterocycles. The Kier molecular flexibility index (Phi) is 4.22. The molecule has 4 aromatic rings. The number of hydrogen-bond donors (Lipinski definition) is 3. The lowest BCUT2D eigenvalue weighted by atomic mass is 9.98. The number of fused-ring (bicyclic) bond motifs is 1. The van der Waals surface area contributed by atoms with Crippen LogP contribution in [0.2, 0.25) is 0 Å². The van der Waals surface area contributed by atoms with E-state index in [4.69, 9.17) is 0 Å². The molecule has 0 atom stereocenters. The van der Waals surface area contributed by atoms with E-state index in [1.807, 2.05) is 48.9 Å². The van der Waals surface area contributed by atoms with Crippen LogP contribution in [0.4, 0.5) is 0 Å². The summed E-state index contributed by atoms with van der Waals surface area (Å²) in [5.74, 6) is 0.207. The van der Waals surface area contributed by atoms with Crippen LogP contribution in [0.25, 0.3) is 28.0 Å². The van der Waals surface area contributed by atoms with Crippen molar-refractivity contribution < 1.29 is 15.3 Å². The minimum absolute atomic E-state index is 0.0162. The topological polar surface area (TPSA) is 96.3 Å². The molecule has 7 heteroatoms. The summed E-state index contributed by atoms with van der Waals surface area (Å²) in [4.78, 5) is 0. The van der Waals surface area contributed by atoms with Gasteiger partial charge in [0.25, 0.3) is 0 Å². The van der Waals surface area contributed by atoms with Crippen LogP contribution >= 0.6 is 0 Å². The second-order valence-corrected chi connectivity index (χ2v) is 6.99. The first-order chi connectivity index (χ1) is 13.4. The molecule has 0 bridgehead atoms. The van der Waals surface area contributed by atoms with Crippen LogP contribution in [0.3, 0.4) is 0 Å². The zero-order valence-corrected chi connectivity index (χ0v) is 15.7. The van der Waals surface area contributed by atoms with Crippen LogP contribution in [0.1, 0.15) is 25.3 Å². The van der Waals surface area contributed by atoms with Crippen LogP contribution < -0.4 is 0 Å². The molecule has 143 valence electrons. The smallest absolute Gasteiger partial charge is 0.319 e. The largest absolute Gasteiger partial charge is 0.508 e. The van der Waals surface area contributed by atoms with Crippen molar-refractivity contribution in [1.82, 2.24) is 19.3 Å². The highest BCUT2D eigenvalue weighted by Gasteiger charge is 2.21. The standard InChI is InChI=1S/C21H21N4O3/c1-4-24-8-7-13-9-14(5-6-17(13)24)25-20(22-23-21(25)28)16-10-15(12(2)3)18(26)11-19(16)27/h5-12,26-27H,1,4H2,2-3H3,(H,23,28). The fraction of sp³-hybridized carbons (Fsp3) is 0.190. The van der Waals surface area contributed by atoms with Crippen LogP contribution in [0.15, 0.2) is 42.6 Å². The van der Waals surface area contributed by atoms with Gasteiger partial charge < -0.3 is 19.9 Å². The summed E-state index contributed by atoms with van der Waals surface area (Å²) in [6, 6.07) is 10.3. The number of nitrogens with zero attached hydrogens (tertiary/aromatic N) is 4. The van der Waals surface area contributed by atoms with Crippen molar-refractivity contribution in [1.29, 1.82) is 0 Å². The van der Waals surface area contributed by atoms with Crippen molar-refractivity contribution in [3.8, 4) is 34.6 Å². The lowest BCUT2D eigenvalue weighted by Gasteiger charge is -2.14. The second kappa shape index (κ2) is 6.60. The van der Waals surface area contributed by atoms with Gasteiger partial charge in [0.05, 0.1) is 11.3 Å². The fourth-order valence-corrected chi connectivity index (χ4v) is 3.45. The summed E-state index contributed by atoms with van der Waals surface area (Å²) in [7, 11) is 0. The van der Waals surface area contributed by atoms with Crippen LogP contribution in [0, 0.1) is 6.92 Å². The molecule has 0 amide bonds. The summed E-state index contributed by atoms with van der Waals surface area (Å²) in [5, 5.41) is 39.7. The van der Waals surface area contributed by atoms with E-state index >= 15 is 0 Å². The molecule has 0 saturated carbocycles. The van der Waals surface area contributed by atoms with E-state index in [0.717, 1.165) is 10.9 Å². The van der Waals surface area contributed by atoms with Crippen molar-refractivity contribution >= 4 is 10.9 Å². The van der Waals surface area contributed by atoms with Gasteiger partial charge in [-0.2, -0.15) is 0 Å². The second-order valence-electron chi connectivity index (χ2n) is 6.99. The zero-order valence-electron chi connectivity index (χ0n) is 15.7. The minimum atomic E-state index is -0.287. The first-order valence-electron chi connectivity index (χ1n) is 9.00. The number of phenols is 2. The van der Waals surface area contributed by atoms with E-state index in [9.17, 15) is 15.3 Å². The van der Waals surface area contributed by atoms with Gasteiger partial charge in [-0.3, -0.25) is 0 Å². The molecule has 0 aliphatic rings. The van der Waals surface area contributed by atoms with E-state index in [1.54, 1.807) is 6.07 Å². The molecule has 2 aromatic carbocycles. The normalized spacial score (nSPS) is 11.6. The summed E-state index contributed by atoms with van der Waals surface area (Å²) in [5.41, 5.74) is 2.74. The zero-order chi connectivity index (χ0) is 20.0. The highest BCUT2D eigenvalue weighted by Crippen LogP contribution is 2.39. The van der Waals surface area contributed by atoms with Crippen LogP contribution in [0.5, 0.6) is 17.5 Å². The summed E-state index contributed by atoms with van der Waals surface area (Å²) in [6.45, 7) is 8.41. The third kappa shape index (κ3) is 2.76. The molecule has 2 heterocycles. The van der Waals surface area contributed by atoms with Gasteiger partial charge in [0, 0.05) is 29.7 Å². The number of rotatable bonds is 4. The Hall–Kier alpha value is -3.48. The van der Waals surface area contributed by atoms with Crippen molar-refractivity contribution in [3.05, 3.63) is 55.1 Å². The third-order valence-electron chi connectivity index (χ3n) is 4.91. The maximum atomic E-state index is 10.4. The van der Waals surface area contributed by atoms with Gasteiger partial charge in [-0.25, -0.2) is 4.57 Å². The molecule has 4 rings (SSSR count). The maximum absolute atomic E-state index is 10.4. The number of phenolic OH excluding ortho intramolecular Hbond substituents is 2. The maximum Gasteiger partial charge on any atom is 0.319 e. The Labute approximate surface area is 162 Å². The van der Waals surface area contributed by atoms with Crippen molar-refractivity contribution in [3.63, 3.8) is 0 Å². The van der Waals surface area contributed by atoms with Gasteiger partial charge in [-0.1, -0.05) is 18.9 Å². The molecular formula is C21H21N4O3. The molecule has 0 aliphatic heterocycles. The summed E-state index contributed by atoms with van der Waals surface area (Å²) >= 11 is 0. The Morgan fingerprint density at radius 1 is 1.00 bits per heavy atom. The van der Waals surface area contributed by atoms with E-state index in [0.29, 0.717) is 23.4 Å². The van der Waals surface area contributed by atoms with E-state index in [2.05, 4.69) is 17.1 Å². The average molecular weight is 377 g/mol. The monoisotopic (exact) mass is 377 g/mol. The van der Waals surface area contributed by atoms with E-state index in [1.165, 1.54) is 10.6 Å². The molecule has 2 aromatic heterocycles. The van der Waals surface area contributed by atoms with Gasteiger partial charge in [0.15, 0.2) is 5.82 Å². The summed E-state index contributed by atoms with van der Waals surface area (Å²) in [6.07, 6.45) is 1.95. The first-order valence-corrected chi connectivity index (χ1v) is 9.00. The number of benzene rings is 2. The number of hydrogen-bond acceptors (Lipinski definition) is 5. The van der Waals surface area contributed by atoms with Gasteiger partial charge in [-0.05, 0) is 48.7 Å². The van der Waals surface area contributed by atoms with Crippen molar-refractivity contribution in [2.24, 2.45) is 0 Å². The molecule has 1 radical (unpaired) electrons. The highest BCUT2D eigenvalue weighted by atomic mass is 16.3. The Morgan fingerprint density at radius 3 is 2.50 bits per heavy atom. The van der Waals surface area contributed by atoms with Crippen LogP contribution in [-0.4, -0.2) is 34.7 Å². The quantitative estimate of drug-likeness (QED) is 0.500. The SMILES string of the molecule is [CH2]Cn1ccc2cc(-n3c(O)nnc3-c3cc(C(C)C)c(O)cc3O)ccc21. The van der Waals surface area contributed by atoms with Gasteiger partial charge in [0.1, 0.15) is 11.5 Å². The van der Waals surface area contributed by atoms with Crippen LogP contribution in [-0.2, 0) is 6.54 Å². The highest BCUT2D eigenvalue weighted by molar-refractivity contribution is 5.83. The molecule has 0 spiro atoms. The lowest BCUT2D eigenvalue weighted by molar-refractivity contribution is 0.420. The molecule has 0 fully saturated rings. The van der Waals surface area contributed by atoms with Gasteiger partial charge >= 0.3 is 6.01 Å². The first kappa shape index (κ1) is 17.9. The lowest BCUT2D eigenvalue weighted by Crippen LogP contribution is -1.99. The third-order valence-corrected chi connectivity index (χ3v) is 4.91. The molecule has 7 nitrogen and oxygen atoms in total. The van der Waals surface area contributed by atoms with E-state index in [-0.39, 0.29) is 29.3 Å². The molecule has 3 N–H and O–H groups in total. The van der Waals surface area contributed by atoms with Gasteiger partial charge in [0.2, 0.25) is 0 Å². The molecule has 0 aliphatic carbocycles. The molecule has 28 heavy (non-hydrogen) atoms. The van der Waals surface area contributed by atoms with Crippen molar-refractivity contribution in [2.45, 2.75) is 26.3 Å². The number of aromatic nitrogens is 4. The van der Waals surface area contributed by atoms with Crippen molar-refractivity contribution in [2.75, 3.05) is 0 Å². The molecule has 0 unspecified atom stereocenters. The fourth-order valence-electron chi connectivity index (χ4n) is 3.45. The van der Waals surface area contributed by atoms with Gasteiger partial charge in [-0.15, -0.1) is 5.10 Å².